The average molecular weight is 420 g/mol. The number of halogens is 3. The predicted octanol–water partition coefficient (Wildman–Crippen LogP) is 5.20. The molecule has 0 saturated carbocycles. The summed E-state index contributed by atoms with van der Waals surface area (Å²) in [5.74, 6) is 0.649. The van der Waals surface area contributed by atoms with Gasteiger partial charge in [0.2, 0.25) is 5.96 Å². The van der Waals surface area contributed by atoms with E-state index in [1.165, 1.54) is 0 Å². The number of nitrogens with two attached hydrogens (primary N) is 1. The Morgan fingerprint density at radius 1 is 1.11 bits per heavy atom. The molecule has 7 heteroatoms. The zero-order chi connectivity index (χ0) is 19.1. The Labute approximate surface area is 173 Å². The Morgan fingerprint density at radius 2 is 1.89 bits per heavy atom. The van der Waals surface area contributed by atoms with Gasteiger partial charge in [-0.1, -0.05) is 53.0 Å². The van der Waals surface area contributed by atoms with Gasteiger partial charge in [0.1, 0.15) is 0 Å². The molecule has 4 nitrogen and oxygen atoms in total. The highest BCUT2D eigenvalue weighted by Gasteiger charge is 2.35. The third-order valence-electron chi connectivity index (χ3n) is 4.78. The lowest BCUT2D eigenvalue weighted by molar-refractivity contribution is 0.562. The summed E-state index contributed by atoms with van der Waals surface area (Å²) in [5, 5.41) is 1.85. The van der Waals surface area contributed by atoms with Crippen molar-refractivity contribution in [3.05, 3.63) is 74.2 Å². The summed E-state index contributed by atoms with van der Waals surface area (Å²) in [6.45, 7) is 2.91. The van der Waals surface area contributed by atoms with Gasteiger partial charge in [0.05, 0.1) is 23.3 Å². The van der Waals surface area contributed by atoms with Crippen molar-refractivity contribution in [3.63, 3.8) is 0 Å². The van der Waals surface area contributed by atoms with E-state index in [0.29, 0.717) is 34.1 Å². The number of guanidine groups is 1. The van der Waals surface area contributed by atoms with Gasteiger partial charge in [-0.3, -0.25) is 0 Å². The number of hydrogen-bond acceptors (Lipinski definition) is 4. The number of nitrogens with zero attached hydrogens (tertiary/aromatic N) is 3. The van der Waals surface area contributed by atoms with E-state index in [2.05, 4.69) is 9.89 Å². The minimum Gasteiger partial charge on any atom is -0.326 e. The molecule has 0 aliphatic carbocycles. The molecule has 2 aromatic carbocycles. The molecule has 2 aliphatic rings. The summed E-state index contributed by atoms with van der Waals surface area (Å²) in [7, 11) is 0. The van der Waals surface area contributed by atoms with E-state index < -0.39 is 0 Å². The normalized spacial score (nSPS) is 19.1. The first-order chi connectivity index (χ1) is 13.0. The molecule has 2 aromatic rings. The van der Waals surface area contributed by atoms with Gasteiger partial charge in [-0.2, -0.15) is 0 Å². The molecule has 0 spiro atoms. The van der Waals surface area contributed by atoms with Crippen LogP contribution in [0.2, 0.25) is 15.1 Å². The molecule has 2 N–H and O–H groups in total. The van der Waals surface area contributed by atoms with Gasteiger partial charge < -0.3 is 10.6 Å². The van der Waals surface area contributed by atoms with Crippen LogP contribution in [0.5, 0.6) is 0 Å². The molecule has 138 valence electrons. The zero-order valence-electron chi connectivity index (χ0n) is 14.6. The highest BCUT2D eigenvalue weighted by molar-refractivity contribution is 6.36. The minimum absolute atomic E-state index is 0.108. The molecule has 2 heterocycles. The highest BCUT2D eigenvalue weighted by Crippen LogP contribution is 2.40. The van der Waals surface area contributed by atoms with Gasteiger partial charge in [0.15, 0.2) is 0 Å². The first-order valence-corrected chi connectivity index (χ1v) is 9.67. The number of aliphatic imine (C=N–C) groups is 2. The molecule has 4 rings (SSSR count). The van der Waals surface area contributed by atoms with E-state index >= 15 is 0 Å². The first-order valence-electron chi connectivity index (χ1n) is 8.53. The molecule has 0 radical (unpaired) electrons. The Morgan fingerprint density at radius 3 is 2.59 bits per heavy atom. The third kappa shape index (κ3) is 3.27. The molecule has 1 unspecified atom stereocenters. The van der Waals surface area contributed by atoms with Crippen LogP contribution in [-0.2, 0) is 0 Å². The van der Waals surface area contributed by atoms with Crippen molar-refractivity contribution in [3.8, 4) is 0 Å². The van der Waals surface area contributed by atoms with E-state index in [0.717, 1.165) is 28.1 Å². The Hall–Kier alpha value is -1.85. The van der Waals surface area contributed by atoms with Crippen LogP contribution in [0.4, 0.5) is 0 Å². The maximum Gasteiger partial charge on any atom is 0.226 e. The van der Waals surface area contributed by atoms with Crippen LogP contribution in [0.3, 0.4) is 0 Å². The van der Waals surface area contributed by atoms with Gasteiger partial charge in [-0.15, -0.1) is 0 Å². The topological polar surface area (TPSA) is 54.0 Å². The maximum absolute atomic E-state index is 6.51. The lowest BCUT2D eigenvalue weighted by atomic mass is 9.99. The van der Waals surface area contributed by atoms with Crippen molar-refractivity contribution in [2.75, 3.05) is 13.1 Å². The molecule has 1 atom stereocenters. The molecule has 0 amide bonds. The summed E-state index contributed by atoms with van der Waals surface area (Å²) in [4.78, 5) is 11.5. The highest BCUT2D eigenvalue weighted by atomic mass is 35.5. The van der Waals surface area contributed by atoms with Gasteiger partial charge in [0, 0.05) is 33.4 Å². The molecule has 0 aromatic heterocycles. The Balaban J connectivity index is 1.83. The number of rotatable bonds is 3. The smallest absolute Gasteiger partial charge is 0.226 e. The standard InChI is InChI=1S/C20H17Cl3N4/c1-11-15(9-24)19(14-7-6-12(21)8-17(14)23)27-10-18(26-20(27)25-11)13-4-2-3-5-16(13)22/h2-8,18H,9-10,24H2,1H3. The van der Waals surface area contributed by atoms with E-state index in [4.69, 9.17) is 45.5 Å². The number of fused-ring (bicyclic) bond motifs is 1. The van der Waals surface area contributed by atoms with Gasteiger partial charge >= 0.3 is 0 Å². The predicted molar refractivity (Wildman–Crippen MR) is 114 cm³/mol. The van der Waals surface area contributed by atoms with Gasteiger partial charge in [-0.25, -0.2) is 9.98 Å². The number of benzene rings is 2. The summed E-state index contributed by atoms with van der Waals surface area (Å²) in [6, 6.07) is 13.1. The van der Waals surface area contributed by atoms with Gasteiger partial charge in [0.25, 0.3) is 0 Å². The summed E-state index contributed by atoms with van der Waals surface area (Å²) >= 11 is 19.0. The van der Waals surface area contributed by atoms with Crippen LogP contribution < -0.4 is 5.73 Å². The zero-order valence-corrected chi connectivity index (χ0v) is 16.9. The van der Waals surface area contributed by atoms with Crippen LogP contribution in [0.1, 0.15) is 24.1 Å². The van der Waals surface area contributed by atoms with E-state index in [-0.39, 0.29) is 6.04 Å². The molecular weight excluding hydrogens is 403 g/mol. The fraction of sp³-hybridized carbons (Fsp3) is 0.200. The summed E-state index contributed by atoms with van der Waals surface area (Å²) in [6.07, 6.45) is 0. The number of hydrogen-bond donors (Lipinski definition) is 1. The van der Waals surface area contributed by atoms with Crippen LogP contribution in [0.15, 0.2) is 58.0 Å². The van der Waals surface area contributed by atoms with Crippen LogP contribution in [0, 0.1) is 0 Å². The van der Waals surface area contributed by atoms with Crippen molar-refractivity contribution in [2.45, 2.75) is 13.0 Å². The summed E-state index contributed by atoms with van der Waals surface area (Å²) in [5.41, 5.74) is 10.6. The lowest BCUT2D eigenvalue weighted by Gasteiger charge is -2.30. The third-order valence-corrected chi connectivity index (χ3v) is 5.68. The SMILES string of the molecule is CC1=NC2=NC(c3ccccc3Cl)CN2C(c2ccc(Cl)cc2Cl)=C1CN. The minimum atomic E-state index is -0.108. The lowest BCUT2D eigenvalue weighted by Crippen LogP contribution is -2.33. The molecule has 0 fully saturated rings. The molecular formula is C20H17Cl3N4. The summed E-state index contributed by atoms with van der Waals surface area (Å²) < 4.78 is 0. The molecule has 0 saturated heterocycles. The average Bonchev–Trinajstić information content (AvgIpc) is 3.04. The second kappa shape index (κ2) is 7.28. The Kier molecular flexibility index (Phi) is 4.99. The Bertz CT molecular complexity index is 1010. The molecule has 0 bridgehead atoms. The second-order valence-corrected chi connectivity index (χ2v) is 7.68. The van der Waals surface area contributed by atoms with E-state index in [1.807, 2.05) is 43.3 Å². The maximum atomic E-state index is 6.51. The van der Waals surface area contributed by atoms with E-state index in [9.17, 15) is 0 Å². The molecule has 2 aliphatic heterocycles. The van der Waals surface area contributed by atoms with Crippen LogP contribution in [-0.4, -0.2) is 29.7 Å². The van der Waals surface area contributed by atoms with Crippen molar-refractivity contribution < 1.29 is 0 Å². The van der Waals surface area contributed by atoms with Crippen molar-refractivity contribution in [2.24, 2.45) is 15.7 Å². The fourth-order valence-corrected chi connectivity index (χ4v) is 4.24. The fourth-order valence-electron chi connectivity index (χ4n) is 3.48. The van der Waals surface area contributed by atoms with Crippen molar-refractivity contribution in [1.82, 2.24) is 4.90 Å². The van der Waals surface area contributed by atoms with Crippen molar-refractivity contribution in [1.29, 1.82) is 0 Å². The monoisotopic (exact) mass is 418 g/mol. The van der Waals surface area contributed by atoms with E-state index in [1.54, 1.807) is 6.07 Å². The van der Waals surface area contributed by atoms with Gasteiger partial charge in [-0.05, 0) is 36.8 Å². The first kappa shape index (κ1) is 18.5. The quantitative estimate of drug-likeness (QED) is 0.743. The van der Waals surface area contributed by atoms with Crippen molar-refractivity contribution >= 4 is 52.2 Å². The van der Waals surface area contributed by atoms with Crippen LogP contribution >= 0.6 is 34.8 Å². The largest absolute Gasteiger partial charge is 0.326 e. The van der Waals surface area contributed by atoms with Crippen LogP contribution in [0.25, 0.3) is 5.70 Å². The molecule has 27 heavy (non-hydrogen) atoms. The second-order valence-electron chi connectivity index (χ2n) is 6.43.